The Balaban J connectivity index is 1.42. The summed E-state index contributed by atoms with van der Waals surface area (Å²) in [5.41, 5.74) is 4.84. The largest absolute Gasteiger partial charge is 0.350 e. The number of benzene rings is 2. The molecule has 1 saturated heterocycles. The quantitative estimate of drug-likeness (QED) is 0.711. The molecule has 4 amide bonds. The molecule has 0 radical (unpaired) electrons. The Morgan fingerprint density at radius 3 is 2.61 bits per heavy atom. The second-order valence-corrected chi connectivity index (χ2v) is 10.1. The molecule has 3 aliphatic rings. The lowest BCUT2D eigenvalue weighted by Gasteiger charge is -2.42. The van der Waals surface area contributed by atoms with Crippen LogP contribution in [-0.2, 0) is 16.1 Å². The van der Waals surface area contributed by atoms with E-state index in [9.17, 15) is 14.4 Å². The van der Waals surface area contributed by atoms with Crippen molar-refractivity contribution in [2.24, 2.45) is 5.92 Å². The summed E-state index contributed by atoms with van der Waals surface area (Å²) in [6.45, 7) is 4.30. The minimum absolute atomic E-state index is 0.0744. The first-order chi connectivity index (χ1) is 15.9. The summed E-state index contributed by atoms with van der Waals surface area (Å²) in [6, 6.07) is 14.9. The van der Waals surface area contributed by atoms with Crippen molar-refractivity contribution in [3.63, 3.8) is 0 Å². The molecule has 0 spiro atoms. The average molecular weight is 462 g/mol. The van der Waals surface area contributed by atoms with E-state index in [1.54, 1.807) is 16.7 Å². The SMILES string of the molecule is Cc1ccc(N2C(=O)C3C4=C(CCC4)SC3N(CC(=O)NCc3ccccc3)C2=O)cc1C. The summed E-state index contributed by atoms with van der Waals surface area (Å²) >= 11 is 1.60. The van der Waals surface area contributed by atoms with E-state index in [4.69, 9.17) is 0 Å². The number of allylic oxidation sites excluding steroid dienone is 1. The smallest absolute Gasteiger partial charge is 0.332 e. The zero-order chi connectivity index (χ0) is 23.1. The van der Waals surface area contributed by atoms with Crippen LogP contribution in [0.5, 0.6) is 0 Å². The molecule has 5 rings (SSSR count). The average Bonchev–Trinajstić information content (AvgIpc) is 3.40. The van der Waals surface area contributed by atoms with Gasteiger partial charge >= 0.3 is 6.03 Å². The molecule has 2 unspecified atom stereocenters. The van der Waals surface area contributed by atoms with E-state index in [1.807, 2.05) is 62.4 Å². The fourth-order valence-electron chi connectivity index (χ4n) is 4.84. The highest BCUT2D eigenvalue weighted by molar-refractivity contribution is 8.04. The van der Waals surface area contributed by atoms with Gasteiger partial charge in [0.25, 0.3) is 0 Å². The number of nitrogens with zero attached hydrogens (tertiary/aromatic N) is 2. The van der Waals surface area contributed by atoms with Crippen LogP contribution in [0, 0.1) is 19.8 Å². The summed E-state index contributed by atoms with van der Waals surface area (Å²) < 4.78 is 0. The minimum Gasteiger partial charge on any atom is -0.350 e. The van der Waals surface area contributed by atoms with Gasteiger partial charge in [-0.15, -0.1) is 11.8 Å². The Morgan fingerprint density at radius 2 is 1.85 bits per heavy atom. The Morgan fingerprint density at radius 1 is 1.06 bits per heavy atom. The highest BCUT2D eigenvalue weighted by Crippen LogP contribution is 2.53. The molecule has 2 atom stereocenters. The van der Waals surface area contributed by atoms with E-state index in [-0.39, 0.29) is 29.7 Å². The number of imide groups is 1. The lowest BCUT2D eigenvalue weighted by Crippen LogP contribution is -2.62. The molecule has 1 fully saturated rings. The molecule has 7 heteroatoms. The van der Waals surface area contributed by atoms with Gasteiger partial charge in [0.2, 0.25) is 11.8 Å². The molecule has 0 bridgehead atoms. The molecule has 6 nitrogen and oxygen atoms in total. The second kappa shape index (κ2) is 8.71. The first-order valence-corrected chi connectivity index (χ1v) is 12.2. The van der Waals surface area contributed by atoms with Crippen LogP contribution in [0.1, 0.15) is 36.0 Å². The van der Waals surface area contributed by atoms with Crippen LogP contribution >= 0.6 is 11.8 Å². The highest BCUT2D eigenvalue weighted by atomic mass is 32.2. The predicted octanol–water partition coefficient (Wildman–Crippen LogP) is 4.52. The van der Waals surface area contributed by atoms with Crippen LogP contribution in [0.4, 0.5) is 10.5 Å². The maximum Gasteiger partial charge on any atom is 0.332 e. The number of hydrogen-bond donors (Lipinski definition) is 1. The van der Waals surface area contributed by atoms with Gasteiger partial charge in [0.1, 0.15) is 6.54 Å². The maximum absolute atomic E-state index is 13.6. The monoisotopic (exact) mass is 461 g/mol. The Bertz CT molecular complexity index is 1160. The number of urea groups is 1. The summed E-state index contributed by atoms with van der Waals surface area (Å²) in [4.78, 5) is 44.2. The van der Waals surface area contributed by atoms with Gasteiger partial charge < -0.3 is 10.2 Å². The first kappa shape index (κ1) is 21.8. The van der Waals surface area contributed by atoms with Gasteiger partial charge in [0, 0.05) is 6.54 Å². The first-order valence-electron chi connectivity index (χ1n) is 11.3. The van der Waals surface area contributed by atoms with Crippen LogP contribution in [-0.4, -0.2) is 34.7 Å². The van der Waals surface area contributed by atoms with Gasteiger partial charge in [-0.2, -0.15) is 0 Å². The third kappa shape index (κ3) is 3.95. The summed E-state index contributed by atoms with van der Waals surface area (Å²) in [6.07, 6.45) is 2.88. The highest BCUT2D eigenvalue weighted by Gasteiger charge is 2.53. The molecule has 2 heterocycles. The minimum atomic E-state index is -0.423. The number of carbonyl (C=O) groups is 3. The Labute approximate surface area is 198 Å². The molecule has 0 saturated carbocycles. The van der Waals surface area contributed by atoms with Crippen molar-refractivity contribution in [3.05, 3.63) is 75.7 Å². The van der Waals surface area contributed by atoms with E-state index in [1.165, 1.54) is 9.81 Å². The number of anilines is 1. The summed E-state index contributed by atoms with van der Waals surface area (Å²) in [5, 5.41) is 2.57. The number of thioether (sulfide) groups is 1. The number of amides is 4. The number of rotatable bonds is 5. The van der Waals surface area contributed by atoms with Crippen molar-refractivity contribution in [2.75, 3.05) is 11.4 Å². The third-order valence-electron chi connectivity index (χ3n) is 6.76. The predicted molar refractivity (Wildman–Crippen MR) is 130 cm³/mol. The molecular weight excluding hydrogens is 434 g/mol. The molecule has 2 aromatic rings. The number of nitrogens with one attached hydrogen (secondary N) is 1. The standard InChI is InChI=1S/C26H27N3O3S/c1-16-11-12-19(13-17(16)2)29-24(31)23-20-9-6-10-21(20)33-25(23)28(26(29)32)15-22(30)27-14-18-7-4-3-5-8-18/h3-5,7-8,11-13,23,25H,6,9-10,14-15H2,1-2H3,(H,27,30). The zero-order valence-electron chi connectivity index (χ0n) is 18.8. The van der Waals surface area contributed by atoms with Gasteiger partial charge in [0.05, 0.1) is 17.0 Å². The molecule has 0 aromatic heterocycles. The number of carbonyl (C=O) groups excluding carboxylic acids is 3. The fraction of sp³-hybridized carbons (Fsp3) is 0.346. The van der Waals surface area contributed by atoms with Gasteiger partial charge in [-0.05, 0) is 72.4 Å². The van der Waals surface area contributed by atoms with E-state index in [0.29, 0.717) is 12.2 Å². The van der Waals surface area contributed by atoms with Crippen molar-refractivity contribution in [1.29, 1.82) is 0 Å². The third-order valence-corrected chi connectivity index (χ3v) is 8.28. The summed E-state index contributed by atoms with van der Waals surface area (Å²) in [7, 11) is 0. The van der Waals surface area contributed by atoms with Crippen LogP contribution in [0.15, 0.2) is 59.0 Å². The van der Waals surface area contributed by atoms with Gasteiger partial charge in [-0.1, -0.05) is 36.4 Å². The van der Waals surface area contributed by atoms with E-state index in [0.717, 1.165) is 41.5 Å². The van der Waals surface area contributed by atoms with E-state index < -0.39 is 6.03 Å². The van der Waals surface area contributed by atoms with Crippen molar-refractivity contribution < 1.29 is 14.4 Å². The van der Waals surface area contributed by atoms with Crippen LogP contribution in [0.25, 0.3) is 0 Å². The van der Waals surface area contributed by atoms with Crippen molar-refractivity contribution >= 4 is 35.3 Å². The van der Waals surface area contributed by atoms with E-state index in [2.05, 4.69) is 5.32 Å². The van der Waals surface area contributed by atoms with Crippen LogP contribution in [0.3, 0.4) is 0 Å². The molecule has 1 N–H and O–H groups in total. The molecule has 1 aliphatic carbocycles. The normalized spacial score (nSPS) is 22.0. The lowest BCUT2D eigenvalue weighted by atomic mass is 9.93. The molecule has 2 aliphatic heterocycles. The molecular formula is C26H27N3O3S. The Kier molecular flexibility index (Phi) is 5.74. The fourth-order valence-corrected chi connectivity index (χ4v) is 6.48. The van der Waals surface area contributed by atoms with Crippen LogP contribution < -0.4 is 10.2 Å². The number of hydrogen-bond acceptors (Lipinski definition) is 4. The van der Waals surface area contributed by atoms with Gasteiger partial charge in [-0.3, -0.25) is 9.59 Å². The number of fused-ring (bicyclic) bond motifs is 2. The van der Waals surface area contributed by atoms with Crippen molar-refractivity contribution in [1.82, 2.24) is 10.2 Å². The molecule has 170 valence electrons. The Hall–Kier alpha value is -3.06. The van der Waals surface area contributed by atoms with Gasteiger partial charge in [0.15, 0.2) is 0 Å². The molecule has 33 heavy (non-hydrogen) atoms. The maximum atomic E-state index is 13.6. The van der Waals surface area contributed by atoms with Crippen molar-refractivity contribution in [2.45, 2.75) is 45.0 Å². The van der Waals surface area contributed by atoms with Crippen molar-refractivity contribution in [3.8, 4) is 0 Å². The van der Waals surface area contributed by atoms with E-state index >= 15 is 0 Å². The second-order valence-electron chi connectivity index (χ2n) is 8.90. The summed E-state index contributed by atoms with van der Waals surface area (Å²) in [5.74, 6) is -0.782. The topological polar surface area (TPSA) is 69.7 Å². The molecule has 2 aromatic carbocycles. The van der Waals surface area contributed by atoms with Gasteiger partial charge in [-0.25, -0.2) is 9.69 Å². The zero-order valence-corrected chi connectivity index (χ0v) is 19.7. The van der Waals surface area contributed by atoms with Crippen LogP contribution in [0.2, 0.25) is 0 Å². The lowest BCUT2D eigenvalue weighted by molar-refractivity contribution is -0.126. The number of aryl methyl sites for hydroxylation is 2.